The molecule has 1 saturated heterocycles. The summed E-state index contributed by atoms with van der Waals surface area (Å²) < 4.78 is 1.14. The third-order valence-corrected chi connectivity index (χ3v) is 5.38. The minimum absolute atomic E-state index is 0.0670. The van der Waals surface area contributed by atoms with Gasteiger partial charge in [0.1, 0.15) is 0 Å². The maximum atomic E-state index is 12.8. The van der Waals surface area contributed by atoms with Crippen LogP contribution in [0, 0.1) is 18.8 Å². The number of amides is 2. The topological polar surface area (TPSA) is 40.6 Å². The molecule has 1 aliphatic rings. The zero-order chi connectivity index (χ0) is 16.4. The minimum atomic E-state index is -0.155. The van der Waals surface area contributed by atoms with Crippen molar-refractivity contribution in [1.29, 1.82) is 0 Å². The quantitative estimate of drug-likeness (QED) is 0.756. The third-order valence-electron chi connectivity index (χ3n) is 4.12. The molecule has 0 spiro atoms. The summed E-state index contributed by atoms with van der Waals surface area (Å²) in [7, 11) is 0. The van der Waals surface area contributed by atoms with Crippen LogP contribution in [0.4, 0.5) is 0 Å². The average Bonchev–Trinajstić information content (AvgIpc) is 2.92. The largest absolute Gasteiger partial charge is 0.334 e. The first-order chi connectivity index (χ1) is 11.1. The number of piperazine rings is 1. The lowest BCUT2D eigenvalue weighted by Crippen LogP contribution is -2.50. The number of aryl methyl sites for hydroxylation is 1. The van der Waals surface area contributed by atoms with Crippen LogP contribution in [0.1, 0.15) is 22.2 Å². The summed E-state index contributed by atoms with van der Waals surface area (Å²) in [5.74, 6) is 5.09. The maximum Gasteiger partial charge on any atom is 0.298 e. The van der Waals surface area contributed by atoms with Crippen LogP contribution >= 0.6 is 11.3 Å². The van der Waals surface area contributed by atoms with Crippen molar-refractivity contribution in [2.24, 2.45) is 0 Å². The number of carbonyl (C=O) groups is 2. The molecular weight excluding hydrogens is 308 g/mol. The second-order valence-corrected chi connectivity index (χ2v) is 6.56. The van der Waals surface area contributed by atoms with E-state index in [1.807, 2.05) is 30.0 Å². The number of benzene rings is 1. The van der Waals surface area contributed by atoms with Crippen LogP contribution in [0.2, 0.25) is 0 Å². The van der Waals surface area contributed by atoms with E-state index >= 15 is 0 Å². The van der Waals surface area contributed by atoms with Gasteiger partial charge in [0.05, 0.1) is 4.88 Å². The second kappa shape index (κ2) is 6.43. The second-order valence-electron chi connectivity index (χ2n) is 5.51. The molecule has 2 aromatic rings. The van der Waals surface area contributed by atoms with Crippen molar-refractivity contribution >= 4 is 33.2 Å². The molecule has 1 aromatic heterocycles. The van der Waals surface area contributed by atoms with Gasteiger partial charge in [0.15, 0.2) is 0 Å². The lowest BCUT2D eigenvalue weighted by molar-refractivity contribution is -0.126. The molecule has 118 valence electrons. The molecule has 1 aromatic carbocycles. The van der Waals surface area contributed by atoms with Crippen molar-refractivity contribution in [1.82, 2.24) is 9.80 Å². The van der Waals surface area contributed by atoms with Crippen LogP contribution < -0.4 is 0 Å². The Hall–Kier alpha value is -2.32. The van der Waals surface area contributed by atoms with Gasteiger partial charge in [-0.3, -0.25) is 9.59 Å². The molecule has 0 radical (unpaired) electrons. The van der Waals surface area contributed by atoms with Crippen LogP contribution in [-0.2, 0) is 4.79 Å². The van der Waals surface area contributed by atoms with Crippen molar-refractivity contribution in [3.8, 4) is 11.8 Å². The smallest absolute Gasteiger partial charge is 0.298 e. The molecule has 0 aliphatic carbocycles. The summed E-state index contributed by atoms with van der Waals surface area (Å²) in [6, 6.07) is 8.09. The van der Waals surface area contributed by atoms with Crippen molar-refractivity contribution < 1.29 is 9.59 Å². The van der Waals surface area contributed by atoms with Gasteiger partial charge in [-0.2, -0.15) is 0 Å². The Bertz CT molecular complexity index is 820. The number of rotatable bonds is 1. The highest BCUT2D eigenvalue weighted by atomic mass is 32.1. The average molecular weight is 326 g/mol. The van der Waals surface area contributed by atoms with Gasteiger partial charge in [-0.15, -0.1) is 11.3 Å². The first-order valence-corrected chi connectivity index (χ1v) is 8.42. The summed E-state index contributed by atoms with van der Waals surface area (Å²) >= 11 is 1.55. The fourth-order valence-electron chi connectivity index (χ4n) is 2.82. The first-order valence-electron chi connectivity index (χ1n) is 7.61. The van der Waals surface area contributed by atoms with Gasteiger partial charge in [0.2, 0.25) is 0 Å². The van der Waals surface area contributed by atoms with Crippen LogP contribution in [0.5, 0.6) is 0 Å². The molecule has 4 nitrogen and oxygen atoms in total. The van der Waals surface area contributed by atoms with E-state index in [0.717, 1.165) is 20.5 Å². The molecule has 2 heterocycles. The summed E-state index contributed by atoms with van der Waals surface area (Å²) in [5.41, 5.74) is 1.05. The molecule has 1 aliphatic heterocycles. The highest BCUT2D eigenvalue weighted by Crippen LogP contribution is 2.31. The first kappa shape index (κ1) is 15.6. The van der Waals surface area contributed by atoms with Gasteiger partial charge in [0.25, 0.3) is 11.8 Å². The molecule has 23 heavy (non-hydrogen) atoms. The van der Waals surface area contributed by atoms with Crippen molar-refractivity contribution in [2.45, 2.75) is 13.8 Å². The summed E-state index contributed by atoms with van der Waals surface area (Å²) in [4.78, 5) is 28.9. The normalized spacial score (nSPS) is 14.5. The Morgan fingerprint density at radius 3 is 2.39 bits per heavy atom. The van der Waals surface area contributed by atoms with E-state index in [2.05, 4.69) is 17.9 Å². The molecule has 0 atom stereocenters. The van der Waals surface area contributed by atoms with Crippen molar-refractivity contribution in [3.63, 3.8) is 0 Å². The highest BCUT2D eigenvalue weighted by Gasteiger charge is 2.26. The molecule has 0 saturated carbocycles. The summed E-state index contributed by atoms with van der Waals surface area (Å²) in [5, 5.41) is 1.15. The standard InChI is InChI=1S/C18H18N2O2S/c1-3-6-16(21)19-9-11-20(12-10-19)18(22)17-13(2)14-7-4-5-8-15(14)23-17/h4-5,7-8H,9-12H2,1-2H3. The molecule has 0 N–H and O–H groups in total. The van der Waals surface area contributed by atoms with E-state index in [4.69, 9.17) is 0 Å². The number of fused-ring (bicyclic) bond motifs is 1. The van der Waals surface area contributed by atoms with Gasteiger partial charge in [-0.25, -0.2) is 0 Å². The molecule has 5 heteroatoms. The SMILES string of the molecule is CC#CC(=O)N1CCN(C(=O)c2sc3ccccc3c2C)CC1. The van der Waals surface area contributed by atoms with Gasteiger partial charge in [0, 0.05) is 30.9 Å². The molecule has 1 fully saturated rings. The monoisotopic (exact) mass is 326 g/mol. The fourth-order valence-corrected chi connectivity index (χ4v) is 4.00. The van der Waals surface area contributed by atoms with E-state index < -0.39 is 0 Å². The number of hydrogen-bond donors (Lipinski definition) is 0. The van der Waals surface area contributed by atoms with E-state index in [1.54, 1.807) is 23.2 Å². The van der Waals surface area contributed by atoms with Gasteiger partial charge >= 0.3 is 0 Å². The van der Waals surface area contributed by atoms with Crippen molar-refractivity contribution in [3.05, 3.63) is 34.7 Å². The zero-order valence-corrected chi connectivity index (χ0v) is 14.1. The van der Waals surface area contributed by atoms with Crippen molar-refractivity contribution in [2.75, 3.05) is 26.2 Å². The lowest BCUT2D eigenvalue weighted by Gasteiger charge is -2.33. The fraction of sp³-hybridized carbons (Fsp3) is 0.333. The molecule has 0 bridgehead atoms. The van der Waals surface area contributed by atoms with Crippen LogP contribution in [0.3, 0.4) is 0 Å². The van der Waals surface area contributed by atoms with Gasteiger partial charge in [-0.05, 0) is 36.8 Å². The number of thiophene rings is 1. The Labute approximate surface area is 139 Å². The minimum Gasteiger partial charge on any atom is -0.334 e. The zero-order valence-electron chi connectivity index (χ0n) is 13.3. The predicted octanol–water partition coefficient (Wildman–Crippen LogP) is 2.52. The van der Waals surface area contributed by atoms with Crippen LogP contribution in [-0.4, -0.2) is 47.8 Å². The van der Waals surface area contributed by atoms with Crippen LogP contribution in [0.15, 0.2) is 24.3 Å². The molecule has 0 unspecified atom stereocenters. The van der Waals surface area contributed by atoms with Gasteiger partial charge < -0.3 is 9.80 Å². The maximum absolute atomic E-state index is 12.8. The van der Waals surface area contributed by atoms with Crippen LogP contribution in [0.25, 0.3) is 10.1 Å². The van der Waals surface area contributed by atoms with E-state index in [1.165, 1.54) is 0 Å². The Kier molecular flexibility index (Phi) is 4.35. The Morgan fingerprint density at radius 1 is 1.09 bits per heavy atom. The number of hydrogen-bond acceptors (Lipinski definition) is 3. The molecular formula is C18H18N2O2S. The lowest BCUT2D eigenvalue weighted by atomic mass is 10.1. The molecule has 2 amide bonds. The number of carbonyl (C=O) groups excluding carboxylic acids is 2. The predicted molar refractivity (Wildman–Crippen MR) is 92.5 cm³/mol. The summed E-state index contributed by atoms with van der Waals surface area (Å²) in [6.07, 6.45) is 0. The molecule has 3 rings (SSSR count). The Morgan fingerprint density at radius 2 is 1.74 bits per heavy atom. The highest BCUT2D eigenvalue weighted by molar-refractivity contribution is 7.21. The van der Waals surface area contributed by atoms with E-state index in [0.29, 0.717) is 26.2 Å². The van der Waals surface area contributed by atoms with Gasteiger partial charge in [-0.1, -0.05) is 24.1 Å². The number of nitrogens with zero attached hydrogens (tertiary/aromatic N) is 2. The summed E-state index contributed by atoms with van der Waals surface area (Å²) in [6.45, 7) is 5.87. The van der Waals surface area contributed by atoms with E-state index in [9.17, 15) is 9.59 Å². The Balaban J connectivity index is 1.75. The van der Waals surface area contributed by atoms with E-state index in [-0.39, 0.29) is 11.8 Å². The third kappa shape index (κ3) is 2.95.